The molecule has 7 heteroatoms. The molecule has 0 saturated carbocycles. The smallest absolute Gasteiger partial charge is 0.191 e. The number of benzene rings is 2. The predicted octanol–water partition coefficient (Wildman–Crippen LogP) is 4.63. The zero-order chi connectivity index (χ0) is 19.3. The van der Waals surface area contributed by atoms with E-state index in [4.69, 9.17) is 4.74 Å². The minimum atomic E-state index is -0.463. The first-order valence-corrected chi connectivity index (χ1v) is 9.27. The van der Waals surface area contributed by atoms with E-state index in [-0.39, 0.29) is 36.1 Å². The van der Waals surface area contributed by atoms with Gasteiger partial charge in [-0.1, -0.05) is 30.3 Å². The molecule has 0 heterocycles. The van der Waals surface area contributed by atoms with E-state index >= 15 is 0 Å². The molecule has 0 aliphatic carbocycles. The molecule has 4 nitrogen and oxygen atoms in total. The standard InChI is InChI=1S/C21H27F2N3O.HI/c1-2-24-21(26-15-18-14-19(22)10-11-20(18)23)25-12-6-7-13-27-16-17-8-4-3-5-9-17;/h3-5,8-11,14H,2,6-7,12-13,15-16H2,1H3,(H2,24,25,26);1H. The van der Waals surface area contributed by atoms with Gasteiger partial charge < -0.3 is 15.4 Å². The summed E-state index contributed by atoms with van der Waals surface area (Å²) in [6.07, 6.45) is 1.85. The Balaban J connectivity index is 0.00000392. The highest BCUT2D eigenvalue weighted by atomic mass is 127. The van der Waals surface area contributed by atoms with Crippen LogP contribution in [0, 0.1) is 11.6 Å². The molecule has 154 valence electrons. The average molecular weight is 503 g/mol. The summed E-state index contributed by atoms with van der Waals surface area (Å²) in [5.74, 6) is -0.326. The number of aliphatic imine (C=N–C) groups is 1. The number of halogens is 3. The molecule has 0 atom stereocenters. The van der Waals surface area contributed by atoms with Crippen LogP contribution in [-0.4, -0.2) is 25.7 Å². The maximum Gasteiger partial charge on any atom is 0.191 e. The first-order chi connectivity index (χ1) is 13.2. The Kier molecular flexibility index (Phi) is 12.4. The molecule has 0 radical (unpaired) electrons. The van der Waals surface area contributed by atoms with Crippen LogP contribution in [0.5, 0.6) is 0 Å². The van der Waals surface area contributed by atoms with Crippen LogP contribution in [0.2, 0.25) is 0 Å². The van der Waals surface area contributed by atoms with Gasteiger partial charge in [-0.25, -0.2) is 13.8 Å². The monoisotopic (exact) mass is 503 g/mol. The van der Waals surface area contributed by atoms with E-state index in [2.05, 4.69) is 15.6 Å². The summed E-state index contributed by atoms with van der Waals surface area (Å²) >= 11 is 0. The molecule has 2 rings (SSSR count). The van der Waals surface area contributed by atoms with Crippen LogP contribution in [0.4, 0.5) is 8.78 Å². The number of hydrogen-bond donors (Lipinski definition) is 2. The van der Waals surface area contributed by atoms with Gasteiger partial charge in [0.05, 0.1) is 13.2 Å². The second-order valence-corrected chi connectivity index (χ2v) is 6.10. The average Bonchev–Trinajstić information content (AvgIpc) is 2.68. The van der Waals surface area contributed by atoms with Crippen molar-refractivity contribution in [2.45, 2.75) is 32.9 Å². The quantitative estimate of drug-likeness (QED) is 0.215. The largest absolute Gasteiger partial charge is 0.377 e. The van der Waals surface area contributed by atoms with Crippen molar-refractivity contribution in [2.75, 3.05) is 19.7 Å². The van der Waals surface area contributed by atoms with Gasteiger partial charge in [-0.3, -0.25) is 0 Å². The second kappa shape index (κ2) is 14.3. The number of unbranched alkanes of at least 4 members (excludes halogenated alkanes) is 1. The van der Waals surface area contributed by atoms with Crippen molar-refractivity contribution >= 4 is 29.9 Å². The van der Waals surface area contributed by atoms with Gasteiger partial charge in [0.25, 0.3) is 0 Å². The minimum Gasteiger partial charge on any atom is -0.377 e. The third kappa shape index (κ3) is 9.45. The van der Waals surface area contributed by atoms with Gasteiger partial charge in [0.1, 0.15) is 11.6 Å². The Morgan fingerprint density at radius 1 is 1.04 bits per heavy atom. The maximum absolute atomic E-state index is 13.7. The summed E-state index contributed by atoms with van der Waals surface area (Å²) in [4.78, 5) is 4.32. The first-order valence-electron chi connectivity index (χ1n) is 9.27. The number of ether oxygens (including phenoxy) is 1. The molecule has 0 bridgehead atoms. The van der Waals surface area contributed by atoms with Gasteiger partial charge in [0, 0.05) is 25.3 Å². The topological polar surface area (TPSA) is 45.7 Å². The fraction of sp³-hybridized carbons (Fsp3) is 0.381. The van der Waals surface area contributed by atoms with Gasteiger partial charge in [-0.15, -0.1) is 24.0 Å². The summed E-state index contributed by atoms with van der Waals surface area (Å²) in [6.45, 7) is 4.77. The molecule has 0 unspecified atom stereocenters. The zero-order valence-corrected chi connectivity index (χ0v) is 18.4. The molecule has 0 aliphatic heterocycles. The molecule has 0 saturated heterocycles. The van der Waals surface area contributed by atoms with Crippen LogP contribution >= 0.6 is 24.0 Å². The second-order valence-electron chi connectivity index (χ2n) is 6.10. The molecule has 0 amide bonds. The molecular formula is C21H28F2IN3O. The maximum atomic E-state index is 13.7. The van der Waals surface area contributed by atoms with Crippen molar-refractivity contribution in [3.05, 3.63) is 71.3 Å². The lowest BCUT2D eigenvalue weighted by Crippen LogP contribution is -2.37. The summed E-state index contributed by atoms with van der Waals surface area (Å²) in [6, 6.07) is 13.5. The SMILES string of the molecule is CCNC(=NCc1cc(F)ccc1F)NCCCCOCc1ccccc1.I. The molecule has 2 N–H and O–H groups in total. The van der Waals surface area contributed by atoms with Gasteiger partial charge in [-0.2, -0.15) is 0 Å². The third-order valence-electron chi connectivity index (χ3n) is 3.88. The normalized spacial score (nSPS) is 11.0. The first kappa shape index (κ1) is 24.3. The van der Waals surface area contributed by atoms with Gasteiger partial charge in [0.15, 0.2) is 5.96 Å². The lowest BCUT2D eigenvalue weighted by atomic mass is 10.2. The molecule has 0 fully saturated rings. The summed E-state index contributed by atoms with van der Waals surface area (Å²) in [5, 5.41) is 6.30. The molecule has 0 aliphatic rings. The Hall–Kier alpha value is -1.74. The lowest BCUT2D eigenvalue weighted by Gasteiger charge is -2.11. The van der Waals surface area contributed by atoms with Gasteiger partial charge >= 0.3 is 0 Å². The van der Waals surface area contributed by atoms with Crippen molar-refractivity contribution in [1.82, 2.24) is 10.6 Å². The lowest BCUT2D eigenvalue weighted by molar-refractivity contribution is 0.117. The summed E-state index contributed by atoms with van der Waals surface area (Å²) in [5.41, 5.74) is 1.41. The minimum absolute atomic E-state index is 0. The Morgan fingerprint density at radius 3 is 2.57 bits per heavy atom. The number of nitrogens with one attached hydrogen (secondary N) is 2. The van der Waals surface area contributed by atoms with E-state index in [1.165, 1.54) is 11.6 Å². The van der Waals surface area contributed by atoms with Crippen LogP contribution in [0.1, 0.15) is 30.9 Å². The fourth-order valence-electron chi connectivity index (χ4n) is 2.47. The molecular weight excluding hydrogens is 475 g/mol. The van der Waals surface area contributed by atoms with Crippen molar-refractivity contribution in [3.8, 4) is 0 Å². The van der Waals surface area contributed by atoms with Crippen LogP contribution in [0.3, 0.4) is 0 Å². The van der Waals surface area contributed by atoms with Crippen LogP contribution in [0.25, 0.3) is 0 Å². The van der Waals surface area contributed by atoms with Crippen molar-refractivity contribution in [2.24, 2.45) is 4.99 Å². The van der Waals surface area contributed by atoms with Crippen molar-refractivity contribution in [1.29, 1.82) is 0 Å². The molecule has 0 aromatic heterocycles. The zero-order valence-electron chi connectivity index (χ0n) is 16.1. The Labute approximate surface area is 182 Å². The van der Waals surface area contributed by atoms with Gasteiger partial charge in [0.2, 0.25) is 0 Å². The van der Waals surface area contributed by atoms with E-state index in [1.807, 2.05) is 37.3 Å². The van der Waals surface area contributed by atoms with E-state index in [1.54, 1.807) is 0 Å². The van der Waals surface area contributed by atoms with Crippen molar-refractivity contribution < 1.29 is 13.5 Å². The Bertz CT molecular complexity index is 714. The number of rotatable bonds is 10. The highest BCUT2D eigenvalue weighted by Crippen LogP contribution is 2.10. The molecule has 28 heavy (non-hydrogen) atoms. The van der Waals surface area contributed by atoms with E-state index < -0.39 is 11.6 Å². The number of nitrogens with zero attached hydrogens (tertiary/aromatic N) is 1. The number of hydrogen-bond acceptors (Lipinski definition) is 2. The Morgan fingerprint density at radius 2 is 1.82 bits per heavy atom. The van der Waals surface area contributed by atoms with Gasteiger partial charge in [-0.05, 0) is 43.5 Å². The van der Waals surface area contributed by atoms with Crippen molar-refractivity contribution in [3.63, 3.8) is 0 Å². The van der Waals surface area contributed by atoms with E-state index in [0.29, 0.717) is 25.7 Å². The van der Waals surface area contributed by atoms with Crippen LogP contribution in [0.15, 0.2) is 53.5 Å². The van der Waals surface area contributed by atoms with E-state index in [9.17, 15) is 8.78 Å². The highest BCUT2D eigenvalue weighted by molar-refractivity contribution is 14.0. The summed E-state index contributed by atoms with van der Waals surface area (Å²) in [7, 11) is 0. The van der Waals surface area contributed by atoms with Crippen LogP contribution < -0.4 is 10.6 Å². The fourth-order valence-corrected chi connectivity index (χ4v) is 2.47. The number of guanidine groups is 1. The molecule has 0 spiro atoms. The molecule has 2 aromatic carbocycles. The van der Waals surface area contributed by atoms with Crippen LogP contribution in [-0.2, 0) is 17.9 Å². The molecule has 2 aromatic rings. The summed E-state index contributed by atoms with van der Waals surface area (Å²) < 4.78 is 32.5. The third-order valence-corrected chi connectivity index (χ3v) is 3.88. The van der Waals surface area contributed by atoms with E-state index in [0.717, 1.165) is 31.5 Å². The highest BCUT2D eigenvalue weighted by Gasteiger charge is 2.04. The predicted molar refractivity (Wildman–Crippen MR) is 120 cm³/mol.